The minimum Gasteiger partial charge on any atom is -0.363 e. The number of halogens is 1. The zero-order chi connectivity index (χ0) is 22.2. The van der Waals surface area contributed by atoms with Gasteiger partial charge in [0, 0.05) is 26.0 Å². The summed E-state index contributed by atoms with van der Waals surface area (Å²) < 4.78 is 38.6. The summed E-state index contributed by atoms with van der Waals surface area (Å²) in [7, 11) is -0.342. The molecule has 0 fully saturated rings. The Labute approximate surface area is 177 Å². The number of nitrogens with two attached hydrogens (primary N) is 1. The van der Waals surface area contributed by atoms with Crippen molar-refractivity contribution in [3.8, 4) is 5.95 Å². The second kappa shape index (κ2) is 7.89. The Kier molecular flexibility index (Phi) is 5.25. The molecule has 0 unspecified atom stereocenters. The molecule has 0 aliphatic heterocycles. The van der Waals surface area contributed by atoms with Gasteiger partial charge in [-0.2, -0.15) is 14.8 Å². The van der Waals surface area contributed by atoms with Crippen molar-refractivity contribution in [2.75, 3.05) is 24.3 Å². The zero-order valence-corrected chi connectivity index (χ0v) is 17.5. The van der Waals surface area contributed by atoms with E-state index in [-0.39, 0.29) is 16.7 Å². The topological polar surface area (TPSA) is 132 Å². The molecule has 3 N–H and O–H groups in total. The van der Waals surface area contributed by atoms with Gasteiger partial charge < -0.3 is 10.2 Å². The first-order valence-electron chi connectivity index (χ1n) is 9.14. The van der Waals surface area contributed by atoms with E-state index in [0.717, 1.165) is 5.56 Å². The molecule has 0 spiro atoms. The Balaban J connectivity index is 1.75. The van der Waals surface area contributed by atoms with Gasteiger partial charge in [0.25, 0.3) is 5.95 Å². The number of nitrogens with zero attached hydrogens (tertiary/aromatic N) is 6. The number of primary sulfonamides is 1. The van der Waals surface area contributed by atoms with Gasteiger partial charge in [0.15, 0.2) is 11.6 Å². The van der Waals surface area contributed by atoms with E-state index in [1.54, 1.807) is 43.3 Å². The molecule has 0 saturated carbocycles. The van der Waals surface area contributed by atoms with Gasteiger partial charge >= 0.3 is 0 Å². The highest BCUT2D eigenvalue weighted by Gasteiger charge is 2.18. The molecule has 4 rings (SSSR count). The fourth-order valence-corrected chi connectivity index (χ4v) is 3.82. The lowest BCUT2D eigenvalue weighted by molar-refractivity contribution is 0.598. The Morgan fingerprint density at radius 3 is 2.65 bits per heavy atom. The largest absolute Gasteiger partial charge is 0.363 e. The van der Waals surface area contributed by atoms with Crippen LogP contribution < -0.4 is 15.4 Å². The molecule has 4 aromatic rings. The number of fused-ring (bicyclic) bond motifs is 1. The molecule has 0 saturated heterocycles. The average Bonchev–Trinajstić information content (AvgIpc) is 3.15. The molecular formula is C19H19FN8O2S. The van der Waals surface area contributed by atoms with Crippen LogP contribution in [0.2, 0.25) is 0 Å². The van der Waals surface area contributed by atoms with Gasteiger partial charge in [0.1, 0.15) is 5.82 Å². The maximum absolute atomic E-state index is 13.5. The van der Waals surface area contributed by atoms with Crippen LogP contribution in [0.1, 0.15) is 5.56 Å². The third kappa shape index (κ3) is 4.15. The van der Waals surface area contributed by atoms with Crippen LogP contribution in [0.25, 0.3) is 16.9 Å². The van der Waals surface area contributed by atoms with Gasteiger partial charge in [-0.15, -0.1) is 10.2 Å². The number of hydrogen-bond donors (Lipinski definition) is 2. The Bertz CT molecular complexity index is 1370. The van der Waals surface area contributed by atoms with Crippen LogP contribution in [0.3, 0.4) is 0 Å². The fourth-order valence-electron chi connectivity index (χ4n) is 3.09. The third-order valence-corrected chi connectivity index (χ3v) is 5.47. The van der Waals surface area contributed by atoms with Crippen LogP contribution in [-0.2, 0) is 16.6 Å². The van der Waals surface area contributed by atoms with E-state index in [4.69, 9.17) is 5.14 Å². The van der Waals surface area contributed by atoms with E-state index in [9.17, 15) is 12.8 Å². The first-order chi connectivity index (χ1) is 14.7. The normalized spacial score (nSPS) is 11.6. The van der Waals surface area contributed by atoms with Crippen molar-refractivity contribution in [3.63, 3.8) is 0 Å². The first-order valence-corrected chi connectivity index (χ1v) is 10.7. The van der Waals surface area contributed by atoms with Crippen LogP contribution >= 0.6 is 0 Å². The monoisotopic (exact) mass is 442 g/mol. The van der Waals surface area contributed by atoms with E-state index in [0.29, 0.717) is 29.1 Å². The van der Waals surface area contributed by atoms with Gasteiger partial charge in [-0.25, -0.2) is 17.9 Å². The Morgan fingerprint density at radius 2 is 1.94 bits per heavy atom. The van der Waals surface area contributed by atoms with Crippen LogP contribution in [0.15, 0.2) is 53.6 Å². The lowest BCUT2D eigenvalue weighted by Crippen LogP contribution is -2.18. The molecule has 12 heteroatoms. The number of anilines is 2. The van der Waals surface area contributed by atoms with Crippen LogP contribution in [0.5, 0.6) is 0 Å². The first kappa shape index (κ1) is 20.6. The molecule has 0 amide bonds. The molecule has 2 aromatic carbocycles. The minimum absolute atomic E-state index is 0.0430. The number of aromatic nitrogens is 5. The number of hydrogen-bond acceptors (Lipinski definition) is 8. The quantitative estimate of drug-likeness (QED) is 0.461. The summed E-state index contributed by atoms with van der Waals surface area (Å²) >= 11 is 0. The number of rotatable bonds is 6. The van der Waals surface area contributed by atoms with E-state index >= 15 is 0 Å². The highest BCUT2D eigenvalue weighted by atomic mass is 32.2. The lowest BCUT2D eigenvalue weighted by atomic mass is 10.2. The molecule has 2 heterocycles. The summed E-state index contributed by atoms with van der Waals surface area (Å²) in [6.45, 7) is 0.312. The standard InChI is InChI=1S/C19H19FN8O2S/c1-27(2)18-17(22-10-12-5-3-6-13(20)9-12)24-19(26-25-18)28-15-7-4-8-16(31(21,29)30)14(15)11-23-28/h3-9,11H,10H2,1-2H3,(H2,21,29,30)(H,22,24,26). The highest BCUT2D eigenvalue weighted by molar-refractivity contribution is 7.89. The van der Waals surface area contributed by atoms with Gasteiger partial charge in [0.05, 0.1) is 16.6 Å². The molecule has 31 heavy (non-hydrogen) atoms. The van der Waals surface area contributed by atoms with Crippen LogP contribution in [-0.4, -0.2) is 47.5 Å². The van der Waals surface area contributed by atoms with Crippen molar-refractivity contribution in [3.05, 3.63) is 60.0 Å². The van der Waals surface area contributed by atoms with Crippen molar-refractivity contribution in [1.82, 2.24) is 25.0 Å². The predicted octanol–water partition coefficient (Wildman–Crippen LogP) is 1.68. The smallest absolute Gasteiger partial charge is 0.272 e. The second-order valence-corrected chi connectivity index (χ2v) is 8.48. The van der Waals surface area contributed by atoms with E-state index in [2.05, 4.69) is 25.6 Å². The molecule has 160 valence electrons. The number of nitrogens with one attached hydrogen (secondary N) is 1. The molecule has 0 radical (unpaired) electrons. The summed E-state index contributed by atoms with van der Waals surface area (Å²) in [6.07, 6.45) is 1.39. The maximum atomic E-state index is 13.5. The Hall–Kier alpha value is -3.64. The molecule has 0 aliphatic carbocycles. The third-order valence-electron chi connectivity index (χ3n) is 4.50. The maximum Gasteiger partial charge on any atom is 0.272 e. The predicted molar refractivity (Wildman–Crippen MR) is 114 cm³/mol. The van der Waals surface area contributed by atoms with Crippen molar-refractivity contribution in [1.29, 1.82) is 0 Å². The molecule has 10 nitrogen and oxygen atoms in total. The molecular weight excluding hydrogens is 423 g/mol. The number of benzene rings is 2. The molecule has 0 bridgehead atoms. The van der Waals surface area contributed by atoms with Gasteiger partial charge in [0.2, 0.25) is 10.0 Å². The molecule has 0 atom stereocenters. The van der Waals surface area contributed by atoms with Crippen molar-refractivity contribution in [2.24, 2.45) is 5.14 Å². The number of sulfonamides is 1. The SMILES string of the molecule is CN(C)c1nnc(-n2ncc3c(S(N)(=O)=O)cccc32)nc1NCc1cccc(F)c1. The lowest BCUT2D eigenvalue weighted by Gasteiger charge is -2.16. The van der Waals surface area contributed by atoms with Crippen molar-refractivity contribution in [2.45, 2.75) is 11.4 Å². The van der Waals surface area contributed by atoms with Gasteiger partial charge in [-0.05, 0) is 29.8 Å². The summed E-state index contributed by atoms with van der Waals surface area (Å²) in [6, 6.07) is 10.9. The summed E-state index contributed by atoms with van der Waals surface area (Å²) in [5.74, 6) is 0.684. The minimum atomic E-state index is -3.93. The molecule has 0 aliphatic rings. The Morgan fingerprint density at radius 1 is 1.16 bits per heavy atom. The zero-order valence-electron chi connectivity index (χ0n) is 16.7. The highest BCUT2D eigenvalue weighted by Crippen LogP contribution is 2.25. The summed E-state index contributed by atoms with van der Waals surface area (Å²) in [4.78, 5) is 6.21. The summed E-state index contributed by atoms with van der Waals surface area (Å²) in [5, 5.41) is 21.4. The summed E-state index contributed by atoms with van der Waals surface area (Å²) in [5.41, 5.74) is 1.19. The van der Waals surface area contributed by atoms with E-state index < -0.39 is 10.0 Å². The van der Waals surface area contributed by atoms with Crippen LogP contribution in [0.4, 0.5) is 16.0 Å². The average molecular weight is 442 g/mol. The molecule has 2 aromatic heterocycles. The van der Waals surface area contributed by atoms with E-state index in [1.807, 2.05) is 0 Å². The van der Waals surface area contributed by atoms with Crippen molar-refractivity contribution < 1.29 is 12.8 Å². The second-order valence-electron chi connectivity index (χ2n) is 6.95. The van der Waals surface area contributed by atoms with Gasteiger partial charge in [-0.1, -0.05) is 18.2 Å². The van der Waals surface area contributed by atoms with Crippen molar-refractivity contribution >= 4 is 32.6 Å². The van der Waals surface area contributed by atoms with Gasteiger partial charge in [-0.3, -0.25) is 0 Å². The van der Waals surface area contributed by atoms with E-state index in [1.165, 1.54) is 29.1 Å². The fraction of sp³-hybridized carbons (Fsp3) is 0.158. The van der Waals surface area contributed by atoms with Crippen LogP contribution in [0, 0.1) is 5.82 Å².